The Bertz CT molecular complexity index is 772. The van der Waals surface area contributed by atoms with Gasteiger partial charge in [-0.25, -0.2) is 4.79 Å². The van der Waals surface area contributed by atoms with Crippen LogP contribution in [0.4, 0.5) is 4.79 Å². The number of hydrogen-bond acceptors (Lipinski definition) is 4. The Morgan fingerprint density at radius 3 is 2.64 bits per heavy atom. The summed E-state index contributed by atoms with van der Waals surface area (Å²) in [7, 11) is 0. The zero-order valence-electron chi connectivity index (χ0n) is 11.5. The highest BCUT2D eigenvalue weighted by molar-refractivity contribution is 5.80. The van der Waals surface area contributed by atoms with Crippen LogP contribution in [0.25, 0.3) is 22.5 Å². The SMILES string of the molecule is O=C(O)NCc1ccc(-c2ccccc2)c(-c2nn[nH]n2)c1. The second-order valence-corrected chi connectivity index (χ2v) is 4.64. The van der Waals surface area contributed by atoms with Crippen molar-refractivity contribution in [2.45, 2.75) is 6.54 Å². The highest BCUT2D eigenvalue weighted by Crippen LogP contribution is 2.30. The van der Waals surface area contributed by atoms with Gasteiger partial charge in [-0.05, 0) is 28.0 Å². The first-order valence-electron chi connectivity index (χ1n) is 6.63. The van der Waals surface area contributed by atoms with Crippen molar-refractivity contribution in [3.8, 4) is 22.5 Å². The maximum Gasteiger partial charge on any atom is 0.404 e. The van der Waals surface area contributed by atoms with Crippen LogP contribution in [-0.4, -0.2) is 31.8 Å². The maximum atomic E-state index is 10.6. The summed E-state index contributed by atoms with van der Waals surface area (Å²) in [4.78, 5) is 10.6. The molecule has 0 saturated carbocycles. The van der Waals surface area contributed by atoms with E-state index in [1.807, 2.05) is 48.5 Å². The van der Waals surface area contributed by atoms with Crippen molar-refractivity contribution < 1.29 is 9.90 Å². The van der Waals surface area contributed by atoms with Gasteiger partial charge in [-0.1, -0.05) is 42.5 Å². The van der Waals surface area contributed by atoms with Crippen LogP contribution < -0.4 is 5.32 Å². The van der Waals surface area contributed by atoms with Gasteiger partial charge in [-0.2, -0.15) is 5.21 Å². The third kappa shape index (κ3) is 2.93. The van der Waals surface area contributed by atoms with Gasteiger partial charge in [0, 0.05) is 12.1 Å². The number of carbonyl (C=O) groups is 1. The fourth-order valence-electron chi connectivity index (χ4n) is 2.21. The van der Waals surface area contributed by atoms with Crippen molar-refractivity contribution in [3.05, 3.63) is 54.1 Å². The van der Waals surface area contributed by atoms with Crippen molar-refractivity contribution in [2.24, 2.45) is 0 Å². The Hall–Kier alpha value is -3.22. The Kier molecular flexibility index (Phi) is 3.78. The molecule has 0 unspecified atom stereocenters. The smallest absolute Gasteiger partial charge is 0.404 e. The Balaban J connectivity index is 2.04. The fraction of sp³-hybridized carbons (Fsp3) is 0.0667. The van der Waals surface area contributed by atoms with E-state index in [0.717, 1.165) is 22.3 Å². The minimum absolute atomic E-state index is 0.218. The molecule has 0 radical (unpaired) electrons. The van der Waals surface area contributed by atoms with E-state index < -0.39 is 6.09 Å². The number of hydrogen-bond donors (Lipinski definition) is 3. The van der Waals surface area contributed by atoms with Gasteiger partial charge in [-0.3, -0.25) is 0 Å². The predicted octanol–water partition coefficient (Wildman–Crippen LogP) is 2.30. The summed E-state index contributed by atoms with van der Waals surface area (Å²) in [6.07, 6.45) is -1.06. The number of amides is 1. The first-order chi connectivity index (χ1) is 10.7. The highest BCUT2D eigenvalue weighted by atomic mass is 16.4. The van der Waals surface area contributed by atoms with E-state index in [1.165, 1.54) is 0 Å². The number of tetrazole rings is 1. The molecule has 3 aromatic rings. The summed E-state index contributed by atoms with van der Waals surface area (Å²) in [6.45, 7) is 0.218. The molecule has 0 saturated heterocycles. The molecule has 7 nitrogen and oxygen atoms in total. The zero-order chi connectivity index (χ0) is 15.4. The number of H-pyrrole nitrogens is 1. The first-order valence-corrected chi connectivity index (χ1v) is 6.63. The molecule has 22 heavy (non-hydrogen) atoms. The van der Waals surface area contributed by atoms with Crippen molar-refractivity contribution in [2.75, 3.05) is 0 Å². The molecular formula is C15H13N5O2. The molecule has 0 aliphatic carbocycles. The highest BCUT2D eigenvalue weighted by Gasteiger charge is 2.12. The number of nitrogens with one attached hydrogen (secondary N) is 2. The van der Waals surface area contributed by atoms with Gasteiger partial charge in [-0.15, -0.1) is 10.2 Å². The van der Waals surface area contributed by atoms with Crippen LogP contribution in [0.15, 0.2) is 48.5 Å². The lowest BCUT2D eigenvalue weighted by atomic mass is 9.97. The lowest BCUT2D eigenvalue weighted by Gasteiger charge is -2.10. The second-order valence-electron chi connectivity index (χ2n) is 4.64. The van der Waals surface area contributed by atoms with Crippen LogP contribution in [-0.2, 0) is 6.54 Å². The summed E-state index contributed by atoms with van der Waals surface area (Å²) in [5.74, 6) is 0.469. The number of rotatable bonds is 4. The summed E-state index contributed by atoms with van der Waals surface area (Å²) in [6, 6.07) is 15.5. The fourth-order valence-corrected chi connectivity index (χ4v) is 2.21. The predicted molar refractivity (Wildman–Crippen MR) is 79.9 cm³/mol. The molecule has 0 spiro atoms. The van der Waals surface area contributed by atoms with Crippen LogP contribution in [0.2, 0.25) is 0 Å². The summed E-state index contributed by atoms with van der Waals surface area (Å²) in [5, 5.41) is 25.1. The lowest BCUT2D eigenvalue weighted by molar-refractivity contribution is 0.194. The molecule has 1 aromatic heterocycles. The molecule has 3 rings (SSSR count). The Labute approximate surface area is 126 Å². The molecule has 0 atom stereocenters. The van der Waals surface area contributed by atoms with Gasteiger partial charge in [0.05, 0.1) is 0 Å². The first kappa shape index (κ1) is 13.7. The third-order valence-electron chi connectivity index (χ3n) is 3.20. The van der Waals surface area contributed by atoms with Crippen LogP contribution in [0.3, 0.4) is 0 Å². The number of carboxylic acid groups (broad SMARTS) is 1. The molecular weight excluding hydrogens is 282 g/mol. The van der Waals surface area contributed by atoms with Gasteiger partial charge in [0.15, 0.2) is 0 Å². The standard InChI is InChI=1S/C15H13N5O2/c21-15(22)16-9-10-6-7-12(11-4-2-1-3-5-11)13(8-10)14-17-19-20-18-14/h1-8,16H,9H2,(H,21,22)(H,17,18,19,20). The average molecular weight is 295 g/mol. The molecule has 0 bridgehead atoms. The van der Waals surface area contributed by atoms with E-state index in [-0.39, 0.29) is 6.54 Å². The van der Waals surface area contributed by atoms with Gasteiger partial charge in [0.1, 0.15) is 0 Å². The number of aromatic nitrogens is 4. The van der Waals surface area contributed by atoms with E-state index in [4.69, 9.17) is 5.11 Å². The van der Waals surface area contributed by atoms with Crippen molar-refractivity contribution in [3.63, 3.8) is 0 Å². The Morgan fingerprint density at radius 1 is 1.14 bits per heavy atom. The van der Waals surface area contributed by atoms with Crippen LogP contribution >= 0.6 is 0 Å². The maximum absolute atomic E-state index is 10.6. The summed E-state index contributed by atoms with van der Waals surface area (Å²) < 4.78 is 0. The van der Waals surface area contributed by atoms with Crippen LogP contribution in [0.1, 0.15) is 5.56 Å². The van der Waals surface area contributed by atoms with Gasteiger partial charge >= 0.3 is 6.09 Å². The number of aromatic amines is 1. The molecule has 0 aliphatic rings. The second kappa shape index (κ2) is 6.04. The average Bonchev–Trinajstić information content (AvgIpc) is 3.08. The Morgan fingerprint density at radius 2 is 1.95 bits per heavy atom. The summed E-state index contributed by atoms with van der Waals surface area (Å²) >= 11 is 0. The minimum Gasteiger partial charge on any atom is -0.465 e. The van der Waals surface area contributed by atoms with Crippen molar-refractivity contribution in [1.29, 1.82) is 0 Å². The van der Waals surface area contributed by atoms with Gasteiger partial charge < -0.3 is 10.4 Å². The van der Waals surface area contributed by atoms with E-state index in [1.54, 1.807) is 0 Å². The topological polar surface area (TPSA) is 104 Å². The van der Waals surface area contributed by atoms with Crippen LogP contribution in [0.5, 0.6) is 0 Å². The van der Waals surface area contributed by atoms with E-state index in [2.05, 4.69) is 25.9 Å². The molecule has 110 valence electrons. The molecule has 7 heteroatoms. The number of nitrogens with zero attached hydrogens (tertiary/aromatic N) is 3. The van der Waals surface area contributed by atoms with Crippen molar-refractivity contribution >= 4 is 6.09 Å². The van der Waals surface area contributed by atoms with Gasteiger partial charge in [0.25, 0.3) is 0 Å². The third-order valence-corrected chi connectivity index (χ3v) is 3.20. The molecule has 1 amide bonds. The molecule has 0 aliphatic heterocycles. The van der Waals surface area contributed by atoms with Crippen molar-refractivity contribution in [1.82, 2.24) is 25.9 Å². The summed E-state index contributed by atoms with van der Waals surface area (Å²) in [5.41, 5.74) is 3.60. The largest absolute Gasteiger partial charge is 0.465 e. The quantitative estimate of drug-likeness (QED) is 0.685. The zero-order valence-corrected chi connectivity index (χ0v) is 11.5. The molecule has 3 N–H and O–H groups in total. The van der Waals surface area contributed by atoms with E-state index >= 15 is 0 Å². The van der Waals surface area contributed by atoms with Gasteiger partial charge in [0.2, 0.25) is 5.82 Å². The minimum atomic E-state index is -1.06. The number of benzene rings is 2. The molecule has 2 aromatic carbocycles. The normalized spacial score (nSPS) is 10.4. The molecule has 1 heterocycles. The molecule has 0 fully saturated rings. The van der Waals surface area contributed by atoms with E-state index in [0.29, 0.717) is 5.82 Å². The van der Waals surface area contributed by atoms with Crippen LogP contribution in [0, 0.1) is 0 Å². The monoisotopic (exact) mass is 295 g/mol. The van der Waals surface area contributed by atoms with E-state index in [9.17, 15) is 4.79 Å². The lowest BCUT2D eigenvalue weighted by Crippen LogP contribution is -2.19.